The van der Waals surface area contributed by atoms with Crippen molar-refractivity contribution >= 4 is 17.8 Å². The fraction of sp³-hybridized carbons (Fsp3) is 0.550. The number of carbonyl (C=O) groups is 2. The van der Waals surface area contributed by atoms with Crippen molar-refractivity contribution in [3.63, 3.8) is 0 Å². The Bertz CT molecular complexity index is 595. The summed E-state index contributed by atoms with van der Waals surface area (Å²) in [6.07, 6.45) is 1.82. The predicted octanol–water partition coefficient (Wildman–Crippen LogP) is 2.23. The third-order valence-electron chi connectivity index (χ3n) is 3.40. The molecule has 0 aliphatic carbocycles. The van der Waals surface area contributed by atoms with Crippen molar-refractivity contribution in [1.82, 2.24) is 5.32 Å². The van der Waals surface area contributed by atoms with Gasteiger partial charge in [-0.15, -0.1) is 0 Å². The predicted molar refractivity (Wildman–Crippen MR) is 109 cm³/mol. The number of nitrogens with zero attached hydrogens (tertiary/aromatic N) is 1. The molecule has 7 nitrogen and oxygen atoms in total. The molecule has 0 radical (unpaired) electrons. The Morgan fingerprint density at radius 2 is 1.81 bits per heavy atom. The number of guanidine groups is 1. The lowest BCUT2D eigenvalue weighted by molar-refractivity contribution is -0.121. The van der Waals surface area contributed by atoms with Crippen LogP contribution in [0.3, 0.4) is 0 Å². The number of amides is 2. The lowest BCUT2D eigenvalue weighted by atomic mass is 10.1. The Balaban J connectivity index is 0.000000516. The number of nitrogens with two attached hydrogens (primary N) is 2. The van der Waals surface area contributed by atoms with Crippen LogP contribution in [0.5, 0.6) is 5.75 Å². The zero-order chi connectivity index (χ0) is 20.8. The van der Waals surface area contributed by atoms with Crippen LogP contribution in [0, 0.1) is 11.8 Å². The third-order valence-corrected chi connectivity index (χ3v) is 3.40. The van der Waals surface area contributed by atoms with Gasteiger partial charge in [0.2, 0.25) is 5.91 Å². The molecule has 0 saturated carbocycles. The minimum Gasteiger partial charge on any atom is -0.497 e. The maximum Gasteiger partial charge on any atom is 0.253 e. The van der Waals surface area contributed by atoms with E-state index in [-0.39, 0.29) is 24.2 Å². The fourth-order valence-electron chi connectivity index (χ4n) is 1.97. The molecule has 0 heterocycles. The standard InChI is InChI=1S/C10H13N3O2.C10H21NO/c1-15-8-4-2-3-7(5-8)6-9(14)13-10(11)12;1-8(2)5-6-10(12)11-7-9(3)4/h2-5H,6H2,1H3,(H4,11,12,13,14);8-9H,5-7H2,1-4H3,(H,11,12). The van der Waals surface area contributed by atoms with Crippen molar-refractivity contribution in [2.45, 2.75) is 47.0 Å². The molecule has 7 heteroatoms. The molecule has 2 amide bonds. The summed E-state index contributed by atoms with van der Waals surface area (Å²) in [5.74, 6) is 1.47. The summed E-state index contributed by atoms with van der Waals surface area (Å²) in [4.78, 5) is 25.8. The first-order chi connectivity index (χ1) is 12.6. The Kier molecular flexibility index (Phi) is 12.3. The van der Waals surface area contributed by atoms with E-state index in [2.05, 4.69) is 38.0 Å². The van der Waals surface area contributed by atoms with Gasteiger partial charge in [-0.25, -0.2) is 0 Å². The number of rotatable bonds is 8. The van der Waals surface area contributed by atoms with E-state index in [4.69, 9.17) is 16.2 Å². The van der Waals surface area contributed by atoms with E-state index in [1.54, 1.807) is 25.3 Å². The van der Waals surface area contributed by atoms with Crippen LogP contribution in [0.2, 0.25) is 0 Å². The number of hydrogen-bond acceptors (Lipinski definition) is 3. The molecular formula is C20H34N4O3. The quantitative estimate of drug-likeness (QED) is 0.473. The summed E-state index contributed by atoms with van der Waals surface area (Å²) < 4.78 is 5.02. The molecule has 0 fully saturated rings. The summed E-state index contributed by atoms with van der Waals surface area (Å²) in [7, 11) is 1.57. The lowest BCUT2D eigenvalue weighted by Crippen LogP contribution is -2.27. The average molecular weight is 379 g/mol. The zero-order valence-electron chi connectivity index (χ0n) is 17.1. The van der Waals surface area contributed by atoms with E-state index in [1.165, 1.54) is 0 Å². The van der Waals surface area contributed by atoms with Crippen molar-refractivity contribution in [3.8, 4) is 5.75 Å². The van der Waals surface area contributed by atoms with E-state index in [1.807, 2.05) is 6.07 Å². The first kappa shape index (κ1) is 24.4. The summed E-state index contributed by atoms with van der Waals surface area (Å²) in [6.45, 7) is 9.27. The molecule has 0 aliphatic rings. The van der Waals surface area contributed by atoms with Crippen LogP contribution in [0.4, 0.5) is 0 Å². The highest BCUT2D eigenvalue weighted by atomic mass is 16.5. The van der Waals surface area contributed by atoms with Crippen molar-refractivity contribution in [3.05, 3.63) is 29.8 Å². The second-order valence-corrected chi connectivity index (χ2v) is 7.09. The molecule has 5 N–H and O–H groups in total. The second kappa shape index (κ2) is 13.6. The monoisotopic (exact) mass is 378 g/mol. The van der Waals surface area contributed by atoms with Crippen LogP contribution >= 0.6 is 0 Å². The van der Waals surface area contributed by atoms with Gasteiger partial charge >= 0.3 is 0 Å². The molecule has 152 valence electrons. The van der Waals surface area contributed by atoms with E-state index in [9.17, 15) is 9.59 Å². The molecule has 1 aromatic rings. The minimum absolute atomic E-state index is 0.162. The molecule has 0 aliphatic heterocycles. The van der Waals surface area contributed by atoms with Gasteiger partial charge in [-0.1, -0.05) is 39.8 Å². The smallest absolute Gasteiger partial charge is 0.253 e. The number of hydrogen-bond donors (Lipinski definition) is 3. The maximum atomic E-state index is 11.2. The van der Waals surface area contributed by atoms with Gasteiger partial charge in [-0.2, -0.15) is 4.99 Å². The van der Waals surface area contributed by atoms with Crippen molar-refractivity contribution in [1.29, 1.82) is 0 Å². The molecule has 0 saturated heterocycles. The Morgan fingerprint density at radius 1 is 1.15 bits per heavy atom. The first-order valence-corrected chi connectivity index (χ1v) is 9.16. The van der Waals surface area contributed by atoms with Gasteiger partial charge < -0.3 is 21.5 Å². The first-order valence-electron chi connectivity index (χ1n) is 9.16. The van der Waals surface area contributed by atoms with Crippen molar-refractivity contribution in [2.24, 2.45) is 28.3 Å². The van der Waals surface area contributed by atoms with Gasteiger partial charge in [0, 0.05) is 13.0 Å². The molecule has 0 bridgehead atoms. The second-order valence-electron chi connectivity index (χ2n) is 7.09. The number of carbonyl (C=O) groups excluding carboxylic acids is 2. The van der Waals surface area contributed by atoms with Crippen molar-refractivity contribution in [2.75, 3.05) is 13.7 Å². The van der Waals surface area contributed by atoms with Crippen LogP contribution in [0.15, 0.2) is 29.3 Å². The molecule has 27 heavy (non-hydrogen) atoms. The Labute approximate surface area is 162 Å². The summed E-state index contributed by atoms with van der Waals surface area (Å²) >= 11 is 0. The van der Waals surface area contributed by atoms with Crippen LogP contribution < -0.4 is 21.5 Å². The maximum absolute atomic E-state index is 11.2. The SMILES string of the molecule is CC(C)CCC(=O)NCC(C)C.COc1cccc(CC(=O)N=C(N)N)c1. The number of ether oxygens (including phenoxy) is 1. The van der Waals surface area contributed by atoms with Crippen molar-refractivity contribution < 1.29 is 14.3 Å². The number of benzene rings is 1. The number of aliphatic imine (C=N–C) groups is 1. The largest absolute Gasteiger partial charge is 0.497 e. The van der Waals surface area contributed by atoms with E-state index < -0.39 is 0 Å². The topological polar surface area (TPSA) is 120 Å². The third kappa shape index (κ3) is 14.3. The summed E-state index contributed by atoms with van der Waals surface area (Å²) in [6, 6.07) is 7.17. The highest BCUT2D eigenvalue weighted by Gasteiger charge is 2.04. The molecule has 1 rings (SSSR count). The van der Waals surface area contributed by atoms with Crippen LogP contribution in [0.25, 0.3) is 0 Å². The number of nitrogens with one attached hydrogen (secondary N) is 1. The molecule has 0 unspecified atom stereocenters. The molecular weight excluding hydrogens is 344 g/mol. The molecule has 0 aromatic heterocycles. The highest BCUT2D eigenvalue weighted by molar-refractivity contribution is 5.92. The Morgan fingerprint density at radius 3 is 2.33 bits per heavy atom. The van der Waals surface area contributed by atoms with Gasteiger partial charge in [-0.3, -0.25) is 9.59 Å². The van der Waals surface area contributed by atoms with E-state index in [0.29, 0.717) is 24.0 Å². The average Bonchev–Trinajstić information content (AvgIpc) is 2.58. The Hall–Kier alpha value is -2.57. The van der Waals surface area contributed by atoms with Crippen LogP contribution in [0.1, 0.15) is 46.1 Å². The van der Waals surface area contributed by atoms with Gasteiger partial charge in [-0.05, 0) is 36.0 Å². The number of methoxy groups -OCH3 is 1. The van der Waals surface area contributed by atoms with Gasteiger partial charge in [0.25, 0.3) is 5.91 Å². The fourth-order valence-corrected chi connectivity index (χ4v) is 1.97. The lowest BCUT2D eigenvalue weighted by Gasteiger charge is -2.08. The minimum atomic E-state index is -0.372. The molecule has 0 spiro atoms. The van der Waals surface area contributed by atoms with E-state index in [0.717, 1.165) is 18.5 Å². The van der Waals surface area contributed by atoms with Gasteiger partial charge in [0.15, 0.2) is 5.96 Å². The van der Waals surface area contributed by atoms with Crippen LogP contribution in [-0.4, -0.2) is 31.4 Å². The van der Waals surface area contributed by atoms with E-state index >= 15 is 0 Å². The highest BCUT2D eigenvalue weighted by Crippen LogP contribution is 2.13. The zero-order valence-corrected chi connectivity index (χ0v) is 17.1. The molecule has 1 aromatic carbocycles. The molecule has 0 atom stereocenters. The van der Waals surface area contributed by atoms with Gasteiger partial charge in [0.1, 0.15) is 5.75 Å². The normalized spacial score (nSPS) is 10.0. The summed E-state index contributed by atoms with van der Waals surface area (Å²) in [5, 5.41) is 2.90. The summed E-state index contributed by atoms with van der Waals surface area (Å²) in [5.41, 5.74) is 11.0. The van der Waals surface area contributed by atoms with Gasteiger partial charge in [0.05, 0.1) is 13.5 Å². The van der Waals surface area contributed by atoms with Crippen LogP contribution in [-0.2, 0) is 16.0 Å².